The van der Waals surface area contributed by atoms with Crippen molar-refractivity contribution < 1.29 is 5.11 Å². The number of phenols is 1. The highest BCUT2D eigenvalue weighted by Crippen LogP contribution is 2.20. The minimum Gasteiger partial charge on any atom is -0.508 e. The number of nitrogens with two attached hydrogens (primary N) is 1. The lowest BCUT2D eigenvalue weighted by molar-refractivity contribution is 0.475. The zero-order chi connectivity index (χ0) is 11.8. The number of aromatic nitrogens is 3. The number of nitrogen functional groups attached to an aromatic ring is 1. The molecule has 3 aromatic rings. The molecule has 0 aliphatic rings. The Labute approximate surface area is 97.1 Å². The van der Waals surface area contributed by atoms with Crippen molar-refractivity contribution in [2.75, 3.05) is 5.73 Å². The van der Waals surface area contributed by atoms with E-state index >= 15 is 0 Å². The number of hydrogen-bond donors (Lipinski definition) is 2. The number of anilines is 1. The Kier molecular flexibility index (Phi) is 1.98. The van der Waals surface area contributed by atoms with Gasteiger partial charge < -0.3 is 10.8 Å². The summed E-state index contributed by atoms with van der Waals surface area (Å²) < 4.78 is 1.62. The molecule has 0 bridgehead atoms. The van der Waals surface area contributed by atoms with Crippen LogP contribution in [-0.2, 0) is 0 Å². The number of fused-ring (bicyclic) bond motifs is 1. The van der Waals surface area contributed by atoms with Crippen LogP contribution in [-0.4, -0.2) is 19.7 Å². The third-order valence-electron chi connectivity index (χ3n) is 2.46. The maximum absolute atomic E-state index is 9.41. The lowest BCUT2D eigenvalue weighted by Gasteiger charge is -1.95. The first-order valence-corrected chi connectivity index (χ1v) is 5.14. The van der Waals surface area contributed by atoms with Crippen molar-refractivity contribution in [2.24, 2.45) is 0 Å². The highest BCUT2D eigenvalue weighted by Gasteiger charge is 2.06. The Morgan fingerprint density at radius 1 is 1.18 bits per heavy atom. The zero-order valence-corrected chi connectivity index (χ0v) is 8.91. The monoisotopic (exact) mass is 226 g/mol. The summed E-state index contributed by atoms with van der Waals surface area (Å²) in [6, 6.07) is 10.4. The smallest absolute Gasteiger partial charge is 0.182 e. The van der Waals surface area contributed by atoms with Crippen LogP contribution in [0.15, 0.2) is 42.6 Å². The number of benzene rings is 1. The molecule has 0 unspecified atom stereocenters. The predicted octanol–water partition coefficient (Wildman–Crippen LogP) is 1.68. The number of nitrogens with zero attached hydrogens (tertiary/aromatic N) is 3. The predicted molar refractivity (Wildman–Crippen MR) is 64.5 cm³/mol. The largest absolute Gasteiger partial charge is 0.508 e. The van der Waals surface area contributed by atoms with Crippen molar-refractivity contribution in [3.05, 3.63) is 42.6 Å². The molecule has 0 spiro atoms. The van der Waals surface area contributed by atoms with Gasteiger partial charge in [-0.25, -0.2) is 9.50 Å². The van der Waals surface area contributed by atoms with Gasteiger partial charge in [-0.1, -0.05) is 12.1 Å². The van der Waals surface area contributed by atoms with Gasteiger partial charge in [-0.15, -0.1) is 5.10 Å². The van der Waals surface area contributed by atoms with Gasteiger partial charge in [-0.05, 0) is 24.3 Å². The van der Waals surface area contributed by atoms with Crippen molar-refractivity contribution in [1.82, 2.24) is 14.6 Å². The van der Waals surface area contributed by atoms with Gasteiger partial charge in [0, 0.05) is 5.56 Å². The molecule has 0 amide bonds. The molecule has 5 nitrogen and oxygen atoms in total. The molecule has 3 N–H and O–H groups in total. The number of pyridine rings is 1. The van der Waals surface area contributed by atoms with E-state index in [-0.39, 0.29) is 5.75 Å². The molecule has 1 aromatic carbocycles. The second-order valence-electron chi connectivity index (χ2n) is 3.75. The molecule has 0 aliphatic heterocycles. The summed E-state index contributed by atoms with van der Waals surface area (Å²) in [7, 11) is 0. The first-order chi connectivity index (χ1) is 8.22. The van der Waals surface area contributed by atoms with Crippen LogP contribution in [0.5, 0.6) is 5.75 Å². The van der Waals surface area contributed by atoms with Gasteiger partial charge in [-0.2, -0.15) is 0 Å². The lowest BCUT2D eigenvalue weighted by Crippen LogP contribution is -1.91. The molecule has 0 atom stereocenters. The Bertz CT molecular complexity index is 690. The highest BCUT2D eigenvalue weighted by atomic mass is 16.3. The third-order valence-corrected chi connectivity index (χ3v) is 2.46. The van der Waals surface area contributed by atoms with Crippen LogP contribution < -0.4 is 5.73 Å². The normalized spacial score (nSPS) is 10.8. The summed E-state index contributed by atoms with van der Waals surface area (Å²) in [5.74, 6) is 0.757. The van der Waals surface area contributed by atoms with Crippen LogP contribution in [0.2, 0.25) is 0 Å². The first-order valence-electron chi connectivity index (χ1n) is 5.14. The molecule has 0 saturated heterocycles. The Morgan fingerprint density at radius 3 is 2.88 bits per heavy atom. The van der Waals surface area contributed by atoms with Crippen LogP contribution in [0.4, 0.5) is 5.69 Å². The minimum absolute atomic E-state index is 0.195. The van der Waals surface area contributed by atoms with E-state index in [1.807, 2.05) is 6.07 Å². The molecular formula is C12H10N4O. The topological polar surface area (TPSA) is 76.4 Å². The average Bonchev–Trinajstić information content (AvgIpc) is 2.72. The fraction of sp³-hybridized carbons (Fsp3) is 0. The van der Waals surface area contributed by atoms with Gasteiger partial charge in [0.1, 0.15) is 5.75 Å². The molecule has 5 heteroatoms. The maximum atomic E-state index is 9.41. The fourth-order valence-electron chi connectivity index (χ4n) is 1.67. The minimum atomic E-state index is 0.195. The number of rotatable bonds is 1. The number of aromatic hydroxyl groups is 1. The van der Waals surface area contributed by atoms with Crippen molar-refractivity contribution in [2.45, 2.75) is 0 Å². The summed E-state index contributed by atoms with van der Waals surface area (Å²) in [4.78, 5) is 4.35. The van der Waals surface area contributed by atoms with Crippen LogP contribution in [0.1, 0.15) is 0 Å². The van der Waals surface area contributed by atoms with Gasteiger partial charge in [0.05, 0.1) is 11.9 Å². The van der Waals surface area contributed by atoms with Crippen molar-refractivity contribution in [1.29, 1.82) is 0 Å². The molecule has 0 radical (unpaired) electrons. The van der Waals surface area contributed by atoms with Crippen molar-refractivity contribution in [3.63, 3.8) is 0 Å². The summed E-state index contributed by atoms with van der Waals surface area (Å²) in [6.07, 6.45) is 1.70. The van der Waals surface area contributed by atoms with Gasteiger partial charge in [0.25, 0.3) is 0 Å². The Morgan fingerprint density at radius 2 is 2.06 bits per heavy atom. The van der Waals surface area contributed by atoms with Crippen molar-refractivity contribution >= 4 is 11.3 Å². The van der Waals surface area contributed by atoms with E-state index in [4.69, 9.17) is 5.73 Å². The standard InChI is InChI=1S/C12H10N4O/c13-9-4-5-11-14-12(15-16(11)7-9)8-2-1-3-10(17)6-8/h1-7,17H,13H2. The molecule has 0 fully saturated rings. The van der Waals surface area contributed by atoms with Crippen LogP contribution >= 0.6 is 0 Å². The van der Waals surface area contributed by atoms with Crippen molar-refractivity contribution in [3.8, 4) is 17.1 Å². The SMILES string of the molecule is Nc1ccc2nc(-c3cccc(O)c3)nn2c1. The van der Waals surface area contributed by atoms with Gasteiger partial charge in [0.15, 0.2) is 11.5 Å². The summed E-state index contributed by atoms with van der Waals surface area (Å²) in [5, 5.41) is 13.7. The first kappa shape index (κ1) is 9.65. The van der Waals surface area contributed by atoms with Gasteiger partial charge >= 0.3 is 0 Å². The molecular weight excluding hydrogens is 216 g/mol. The van der Waals surface area contributed by atoms with E-state index < -0.39 is 0 Å². The molecule has 0 saturated carbocycles. The average molecular weight is 226 g/mol. The van der Waals surface area contributed by atoms with E-state index in [0.29, 0.717) is 11.5 Å². The van der Waals surface area contributed by atoms with E-state index in [0.717, 1.165) is 11.2 Å². The summed E-state index contributed by atoms with van der Waals surface area (Å²) in [6.45, 7) is 0. The van der Waals surface area contributed by atoms with Gasteiger partial charge in [-0.3, -0.25) is 0 Å². The second-order valence-corrected chi connectivity index (χ2v) is 3.75. The summed E-state index contributed by atoms with van der Waals surface area (Å²) in [5.41, 5.74) is 7.79. The Hall–Kier alpha value is -2.56. The van der Waals surface area contributed by atoms with Crippen LogP contribution in [0, 0.1) is 0 Å². The quantitative estimate of drug-likeness (QED) is 0.662. The fourth-order valence-corrected chi connectivity index (χ4v) is 1.67. The van der Waals surface area contributed by atoms with E-state index in [9.17, 15) is 5.11 Å². The van der Waals surface area contributed by atoms with Crippen LogP contribution in [0.25, 0.3) is 17.0 Å². The van der Waals surface area contributed by atoms with E-state index in [2.05, 4.69) is 10.1 Å². The highest BCUT2D eigenvalue weighted by molar-refractivity contribution is 5.60. The molecule has 3 rings (SSSR count). The number of hydrogen-bond acceptors (Lipinski definition) is 4. The Balaban J connectivity index is 2.18. The summed E-state index contributed by atoms with van der Waals surface area (Å²) >= 11 is 0. The lowest BCUT2D eigenvalue weighted by atomic mass is 10.2. The third kappa shape index (κ3) is 1.67. The molecule has 0 aliphatic carbocycles. The van der Waals surface area contributed by atoms with E-state index in [1.54, 1.807) is 41.0 Å². The molecule has 2 aromatic heterocycles. The zero-order valence-electron chi connectivity index (χ0n) is 8.91. The molecule has 17 heavy (non-hydrogen) atoms. The van der Waals surface area contributed by atoms with Gasteiger partial charge in [0.2, 0.25) is 0 Å². The molecule has 84 valence electrons. The second kappa shape index (κ2) is 3.48. The maximum Gasteiger partial charge on any atom is 0.182 e. The van der Waals surface area contributed by atoms with Crippen LogP contribution in [0.3, 0.4) is 0 Å². The number of phenolic OH excluding ortho intramolecular Hbond substituents is 1. The molecule has 2 heterocycles. The van der Waals surface area contributed by atoms with E-state index in [1.165, 1.54) is 0 Å².